The van der Waals surface area contributed by atoms with Crippen molar-refractivity contribution in [2.45, 2.75) is 39.7 Å². The predicted molar refractivity (Wildman–Crippen MR) is 77.7 cm³/mol. The smallest absolute Gasteiger partial charge is 0.430 e. The van der Waals surface area contributed by atoms with Crippen LogP contribution in [0.3, 0.4) is 0 Å². The molecule has 1 saturated heterocycles. The minimum Gasteiger partial charge on any atom is -0.430 e. The van der Waals surface area contributed by atoms with Gasteiger partial charge in [-0.2, -0.15) is 8.42 Å². The van der Waals surface area contributed by atoms with Gasteiger partial charge in [-0.1, -0.05) is 13.8 Å². The number of cyclic esters (lactones) is 2. The van der Waals surface area contributed by atoms with Gasteiger partial charge in [0.05, 0.1) is 12.4 Å². The number of amides is 1. The SMILES string of the molecule is CC(=O)NCCCS(=O)(=O)OCC(C)(C)CC1COC(=O)O1. The second-order valence-corrected chi connectivity index (χ2v) is 7.79. The van der Waals surface area contributed by atoms with E-state index in [1.165, 1.54) is 6.92 Å². The van der Waals surface area contributed by atoms with Gasteiger partial charge in [-0.15, -0.1) is 0 Å². The molecule has 1 heterocycles. The number of rotatable bonds is 9. The van der Waals surface area contributed by atoms with Crippen LogP contribution < -0.4 is 5.32 Å². The quantitative estimate of drug-likeness (QED) is 0.377. The summed E-state index contributed by atoms with van der Waals surface area (Å²) < 4.78 is 38.2. The van der Waals surface area contributed by atoms with Crippen LogP contribution in [0, 0.1) is 5.41 Å². The van der Waals surface area contributed by atoms with E-state index >= 15 is 0 Å². The summed E-state index contributed by atoms with van der Waals surface area (Å²) in [6.07, 6.45) is -0.350. The normalized spacial score (nSPS) is 18.7. The third kappa shape index (κ3) is 7.60. The van der Waals surface area contributed by atoms with Crippen LogP contribution in [0.1, 0.15) is 33.6 Å². The van der Waals surface area contributed by atoms with Gasteiger partial charge in [-0.05, 0) is 18.3 Å². The maximum absolute atomic E-state index is 11.8. The first kappa shape index (κ1) is 18.7. The third-order valence-electron chi connectivity index (χ3n) is 3.00. The molecule has 1 aliphatic heterocycles. The summed E-state index contributed by atoms with van der Waals surface area (Å²) in [5.74, 6) is -0.363. The van der Waals surface area contributed by atoms with Gasteiger partial charge in [-0.3, -0.25) is 8.98 Å². The van der Waals surface area contributed by atoms with Crippen molar-refractivity contribution in [2.75, 3.05) is 25.5 Å². The van der Waals surface area contributed by atoms with Gasteiger partial charge >= 0.3 is 6.16 Å². The van der Waals surface area contributed by atoms with Crippen LogP contribution in [0.4, 0.5) is 4.79 Å². The highest BCUT2D eigenvalue weighted by molar-refractivity contribution is 7.86. The molecule has 128 valence electrons. The fraction of sp³-hybridized carbons (Fsp3) is 0.846. The highest BCUT2D eigenvalue weighted by Gasteiger charge is 2.32. The number of nitrogens with one attached hydrogen (secondary N) is 1. The van der Waals surface area contributed by atoms with Crippen molar-refractivity contribution < 1.29 is 31.7 Å². The van der Waals surface area contributed by atoms with Gasteiger partial charge in [0, 0.05) is 13.5 Å². The molecule has 0 aromatic heterocycles. The van der Waals surface area contributed by atoms with Crippen molar-refractivity contribution in [1.82, 2.24) is 5.32 Å². The maximum Gasteiger partial charge on any atom is 0.508 e. The van der Waals surface area contributed by atoms with Crippen molar-refractivity contribution in [3.8, 4) is 0 Å². The van der Waals surface area contributed by atoms with Gasteiger partial charge in [0.1, 0.15) is 12.7 Å². The molecule has 1 amide bonds. The molecule has 8 nitrogen and oxygen atoms in total. The van der Waals surface area contributed by atoms with Crippen LogP contribution in [-0.4, -0.2) is 52.1 Å². The molecule has 1 unspecified atom stereocenters. The Bertz CT molecular complexity index is 501. The lowest BCUT2D eigenvalue weighted by Crippen LogP contribution is -2.29. The Labute approximate surface area is 130 Å². The van der Waals surface area contributed by atoms with Crippen LogP contribution in [-0.2, 0) is 28.6 Å². The van der Waals surface area contributed by atoms with Crippen LogP contribution in [0.5, 0.6) is 0 Å². The molecule has 0 saturated carbocycles. The van der Waals surface area contributed by atoms with Gasteiger partial charge in [0.2, 0.25) is 5.91 Å². The van der Waals surface area contributed by atoms with E-state index in [0.29, 0.717) is 6.42 Å². The van der Waals surface area contributed by atoms with Gasteiger partial charge in [0.15, 0.2) is 0 Å². The number of carbonyl (C=O) groups excluding carboxylic acids is 2. The molecule has 1 atom stereocenters. The minimum absolute atomic E-state index is 0.0104. The Morgan fingerprint density at radius 3 is 2.68 bits per heavy atom. The lowest BCUT2D eigenvalue weighted by atomic mass is 9.88. The predicted octanol–water partition coefficient (Wildman–Crippen LogP) is 0.811. The minimum atomic E-state index is -3.65. The summed E-state index contributed by atoms with van der Waals surface area (Å²) in [4.78, 5) is 21.5. The zero-order valence-corrected chi connectivity index (χ0v) is 13.9. The largest absolute Gasteiger partial charge is 0.508 e. The van der Waals surface area contributed by atoms with E-state index < -0.39 is 21.7 Å². The Balaban J connectivity index is 2.32. The van der Waals surface area contributed by atoms with Crippen LogP contribution >= 0.6 is 0 Å². The van der Waals surface area contributed by atoms with Crippen molar-refractivity contribution in [2.24, 2.45) is 5.41 Å². The number of carbonyl (C=O) groups is 2. The van der Waals surface area contributed by atoms with Crippen molar-refractivity contribution >= 4 is 22.2 Å². The highest BCUT2D eigenvalue weighted by Crippen LogP contribution is 2.27. The molecule has 1 rings (SSSR count). The monoisotopic (exact) mass is 337 g/mol. The highest BCUT2D eigenvalue weighted by atomic mass is 32.2. The number of hydrogen-bond donors (Lipinski definition) is 1. The number of ether oxygens (including phenoxy) is 2. The first-order chi connectivity index (χ1) is 10.1. The Morgan fingerprint density at radius 2 is 2.14 bits per heavy atom. The molecule has 22 heavy (non-hydrogen) atoms. The van der Waals surface area contributed by atoms with Crippen molar-refractivity contribution in [3.63, 3.8) is 0 Å². The van der Waals surface area contributed by atoms with Crippen LogP contribution in [0.15, 0.2) is 0 Å². The zero-order valence-electron chi connectivity index (χ0n) is 13.1. The molecular formula is C13H23NO7S. The maximum atomic E-state index is 11.8. The summed E-state index contributed by atoms with van der Waals surface area (Å²) >= 11 is 0. The molecule has 0 aromatic rings. The molecule has 1 fully saturated rings. The molecule has 0 aliphatic carbocycles. The fourth-order valence-corrected chi connectivity index (χ4v) is 3.08. The second-order valence-electron chi connectivity index (χ2n) is 6.03. The van der Waals surface area contributed by atoms with Gasteiger partial charge in [-0.25, -0.2) is 4.79 Å². The zero-order chi connectivity index (χ0) is 16.8. The first-order valence-electron chi connectivity index (χ1n) is 7.05. The fourth-order valence-electron chi connectivity index (χ4n) is 1.96. The summed E-state index contributed by atoms with van der Waals surface area (Å²) in [5.41, 5.74) is -0.483. The molecule has 0 aromatic carbocycles. The van der Waals surface area contributed by atoms with Crippen molar-refractivity contribution in [1.29, 1.82) is 0 Å². The molecular weight excluding hydrogens is 314 g/mol. The third-order valence-corrected chi connectivity index (χ3v) is 4.27. The van der Waals surface area contributed by atoms with E-state index in [9.17, 15) is 18.0 Å². The molecule has 0 spiro atoms. The standard InChI is InChI=1S/C13H23NO7S/c1-10(15)14-5-4-6-22(17,18)20-9-13(2,3)7-11-8-19-12(16)21-11/h11H,4-9H2,1-3H3,(H,14,15). The van der Waals surface area contributed by atoms with E-state index in [1.807, 2.05) is 13.8 Å². The molecule has 9 heteroatoms. The lowest BCUT2D eigenvalue weighted by Gasteiger charge is -2.25. The first-order valence-corrected chi connectivity index (χ1v) is 8.62. The molecule has 1 N–H and O–H groups in total. The molecule has 0 bridgehead atoms. The number of hydrogen-bond acceptors (Lipinski definition) is 7. The van der Waals surface area contributed by atoms with E-state index in [-0.39, 0.29) is 43.9 Å². The second kappa shape index (κ2) is 7.77. The van der Waals surface area contributed by atoms with E-state index in [2.05, 4.69) is 10.1 Å². The molecule has 1 aliphatic rings. The van der Waals surface area contributed by atoms with E-state index in [4.69, 9.17) is 8.92 Å². The van der Waals surface area contributed by atoms with E-state index in [1.54, 1.807) is 0 Å². The van der Waals surface area contributed by atoms with Crippen LogP contribution in [0.25, 0.3) is 0 Å². The van der Waals surface area contributed by atoms with Gasteiger partial charge < -0.3 is 14.8 Å². The summed E-state index contributed by atoms with van der Waals surface area (Å²) in [6, 6.07) is 0. The average Bonchev–Trinajstić information content (AvgIpc) is 2.77. The average molecular weight is 337 g/mol. The topological polar surface area (TPSA) is 108 Å². The summed E-state index contributed by atoms with van der Waals surface area (Å²) in [7, 11) is -3.65. The van der Waals surface area contributed by atoms with Crippen molar-refractivity contribution in [3.05, 3.63) is 0 Å². The lowest BCUT2D eigenvalue weighted by molar-refractivity contribution is -0.118. The van der Waals surface area contributed by atoms with Gasteiger partial charge in [0.25, 0.3) is 10.1 Å². The molecule has 0 radical (unpaired) electrons. The Kier molecular flexibility index (Phi) is 6.61. The van der Waals surface area contributed by atoms with Crippen LogP contribution in [0.2, 0.25) is 0 Å². The Hall–Kier alpha value is -1.35. The Morgan fingerprint density at radius 1 is 1.45 bits per heavy atom. The summed E-state index contributed by atoms with van der Waals surface area (Å²) in [6.45, 7) is 5.47. The summed E-state index contributed by atoms with van der Waals surface area (Å²) in [5, 5.41) is 2.52. The van der Waals surface area contributed by atoms with E-state index in [0.717, 1.165) is 0 Å².